The molecule has 0 bridgehead atoms. The first-order valence-corrected chi connectivity index (χ1v) is 14.9. The van der Waals surface area contributed by atoms with Crippen molar-refractivity contribution >= 4 is 29.3 Å². The average molecular weight is 629 g/mol. The number of aryl methyl sites for hydroxylation is 1. The number of allylic oxidation sites excluding steroid dienone is 2. The van der Waals surface area contributed by atoms with Crippen LogP contribution in [0.25, 0.3) is 29.1 Å². The summed E-state index contributed by atoms with van der Waals surface area (Å²) >= 11 is 0. The van der Waals surface area contributed by atoms with Crippen LogP contribution in [0.1, 0.15) is 28.7 Å². The number of anilines is 2. The van der Waals surface area contributed by atoms with Gasteiger partial charge < -0.3 is 39.9 Å². The maximum Gasteiger partial charge on any atom is 0.180 e. The largest absolute Gasteiger partial charge is 0.394 e. The molecular formula is C34H40N6O6. The van der Waals surface area contributed by atoms with E-state index < -0.39 is 37.3 Å². The second-order valence-corrected chi connectivity index (χ2v) is 11.5. The number of hydrogen-bond acceptors (Lipinski definition) is 10. The van der Waals surface area contributed by atoms with Crippen LogP contribution in [0, 0.1) is 13.8 Å². The first-order chi connectivity index (χ1) is 22.0. The minimum atomic E-state index is -1.51. The van der Waals surface area contributed by atoms with Crippen molar-refractivity contribution in [3.8, 4) is 16.9 Å². The van der Waals surface area contributed by atoms with Gasteiger partial charge in [0.2, 0.25) is 0 Å². The van der Waals surface area contributed by atoms with Gasteiger partial charge in [-0.2, -0.15) is 0 Å². The van der Waals surface area contributed by atoms with Crippen LogP contribution in [0.3, 0.4) is 0 Å². The molecule has 0 saturated carbocycles. The highest BCUT2D eigenvalue weighted by Crippen LogP contribution is 2.30. The van der Waals surface area contributed by atoms with Gasteiger partial charge in [0.05, 0.1) is 12.8 Å². The van der Waals surface area contributed by atoms with Gasteiger partial charge in [-0.15, -0.1) is 5.10 Å². The quantitative estimate of drug-likeness (QED) is 0.165. The summed E-state index contributed by atoms with van der Waals surface area (Å²) in [5, 5.41) is 51.5. The van der Waals surface area contributed by atoms with Crippen LogP contribution in [-0.2, 0) is 9.53 Å². The number of carbonyl (C=O) groups is 1. The summed E-state index contributed by atoms with van der Waals surface area (Å²) < 4.78 is 8.94. The standard InChI is InChI=1S/C34H40N6O6/c1-20-16-23(8-13-27(42)14-9-24-17-26(38(4)5)12-15-28(24)35-3)21(2)40(20)25-10-6-22(7-11-25)29-18-39(37-36-29)34-33(45)32(44)31(43)30(19-41)46-34/h6-18,30-35,41,43-45H,19H2,1-5H3/b13-8+,14-9-. The van der Waals surface area contributed by atoms with E-state index in [0.717, 1.165) is 45.1 Å². The zero-order valence-electron chi connectivity index (χ0n) is 26.4. The highest BCUT2D eigenvalue weighted by Gasteiger charge is 2.44. The molecular weight excluding hydrogens is 588 g/mol. The van der Waals surface area contributed by atoms with Gasteiger partial charge in [-0.3, -0.25) is 4.79 Å². The zero-order valence-corrected chi connectivity index (χ0v) is 26.4. The van der Waals surface area contributed by atoms with Crippen molar-refractivity contribution in [2.45, 2.75) is 44.5 Å². The van der Waals surface area contributed by atoms with E-state index in [1.807, 2.05) is 101 Å². The van der Waals surface area contributed by atoms with E-state index in [1.165, 1.54) is 4.68 Å². The fourth-order valence-corrected chi connectivity index (χ4v) is 5.56. The van der Waals surface area contributed by atoms with Crippen molar-refractivity contribution < 1.29 is 30.0 Å². The molecule has 1 fully saturated rings. The van der Waals surface area contributed by atoms with E-state index in [0.29, 0.717) is 5.69 Å². The molecule has 46 heavy (non-hydrogen) atoms. The Morgan fingerprint density at radius 3 is 2.33 bits per heavy atom. The van der Waals surface area contributed by atoms with Crippen LogP contribution < -0.4 is 10.2 Å². The number of ketones is 1. The molecule has 0 amide bonds. The highest BCUT2D eigenvalue weighted by molar-refractivity contribution is 6.05. The van der Waals surface area contributed by atoms with Crippen molar-refractivity contribution in [2.24, 2.45) is 0 Å². The number of hydrogen-bond donors (Lipinski definition) is 5. The van der Waals surface area contributed by atoms with Gasteiger partial charge in [0, 0.05) is 55.2 Å². The normalized spacial score (nSPS) is 21.7. The zero-order chi connectivity index (χ0) is 33.1. The molecule has 1 aliphatic heterocycles. The van der Waals surface area contributed by atoms with Crippen molar-refractivity contribution in [3.05, 3.63) is 89.4 Å². The lowest BCUT2D eigenvalue weighted by atomic mass is 9.98. The molecule has 12 nitrogen and oxygen atoms in total. The molecule has 2 aromatic carbocycles. The van der Waals surface area contributed by atoms with Crippen LogP contribution in [-0.4, -0.2) is 97.9 Å². The maximum absolute atomic E-state index is 12.8. The van der Waals surface area contributed by atoms with Crippen molar-refractivity contribution in [1.29, 1.82) is 0 Å². The molecule has 5 N–H and O–H groups in total. The molecule has 0 radical (unpaired) electrons. The average Bonchev–Trinajstić information content (AvgIpc) is 3.65. The van der Waals surface area contributed by atoms with Gasteiger partial charge in [0.1, 0.15) is 30.1 Å². The highest BCUT2D eigenvalue weighted by atomic mass is 16.6. The van der Waals surface area contributed by atoms with E-state index in [1.54, 1.807) is 18.3 Å². The van der Waals surface area contributed by atoms with Gasteiger partial charge in [-0.05, 0) is 85.7 Å². The Balaban J connectivity index is 1.30. The van der Waals surface area contributed by atoms with E-state index >= 15 is 0 Å². The van der Waals surface area contributed by atoms with Crippen LogP contribution in [0.5, 0.6) is 0 Å². The smallest absolute Gasteiger partial charge is 0.180 e. The number of aromatic nitrogens is 4. The van der Waals surface area contributed by atoms with Crippen molar-refractivity contribution in [3.63, 3.8) is 0 Å². The van der Waals surface area contributed by atoms with E-state index in [2.05, 4.69) is 20.2 Å². The Kier molecular flexibility index (Phi) is 9.85. The Labute approximate surface area is 267 Å². The van der Waals surface area contributed by atoms with Crippen molar-refractivity contribution in [2.75, 3.05) is 38.0 Å². The number of ether oxygens (including phenoxy) is 1. The molecule has 5 unspecified atom stereocenters. The number of aliphatic hydroxyl groups is 4. The summed E-state index contributed by atoms with van der Waals surface area (Å²) in [4.78, 5) is 14.8. The predicted octanol–water partition coefficient (Wildman–Crippen LogP) is 2.73. The van der Waals surface area contributed by atoms with E-state index in [9.17, 15) is 25.2 Å². The number of benzene rings is 2. The summed E-state index contributed by atoms with van der Waals surface area (Å²) in [5.74, 6) is -0.122. The predicted molar refractivity (Wildman–Crippen MR) is 177 cm³/mol. The summed E-state index contributed by atoms with van der Waals surface area (Å²) in [7, 11) is 5.80. The fourth-order valence-electron chi connectivity index (χ4n) is 5.56. The van der Waals surface area contributed by atoms with E-state index in [-0.39, 0.29) is 5.78 Å². The first kappa shape index (κ1) is 32.8. The maximum atomic E-state index is 12.8. The lowest BCUT2D eigenvalue weighted by Gasteiger charge is -2.39. The van der Waals surface area contributed by atoms with Crippen LogP contribution in [0.2, 0.25) is 0 Å². The minimum absolute atomic E-state index is 0.122. The minimum Gasteiger partial charge on any atom is -0.394 e. The van der Waals surface area contributed by atoms with Gasteiger partial charge in [-0.25, -0.2) is 4.68 Å². The fraction of sp³-hybridized carbons (Fsp3) is 0.324. The summed E-state index contributed by atoms with van der Waals surface area (Å²) in [5.41, 5.74) is 8.00. The number of carbonyl (C=O) groups excluding carboxylic acids is 1. The topological polar surface area (TPSA) is 158 Å². The second kappa shape index (κ2) is 13.8. The lowest BCUT2D eigenvalue weighted by molar-refractivity contribution is -0.254. The SMILES string of the molecule is CNc1ccc(N(C)C)cc1/C=C\C(=O)/C=C/c1cc(C)n(-c2ccc(-c3cn(C4OC(CO)C(O)C(O)C4O)nn3)cc2)c1C. The summed E-state index contributed by atoms with van der Waals surface area (Å²) in [6.45, 7) is 3.47. The first-order valence-electron chi connectivity index (χ1n) is 14.9. The summed E-state index contributed by atoms with van der Waals surface area (Å²) in [6.07, 6.45) is 1.75. The summed E-state index contributed by atoms with van der Waals surface area (Å²) in [6, 6.07) is 15.8. The Morgan fingerprint density at radius 1 is 0.978 bits per heavy atom. The molecule has 242 valence electrons. The van der Waals surface area contributed by atoms with Crippen LogP contribution in [0.15, 0.2) is 66.9 Å². The molecule has 1 aliphatic rings. The number of rotatable bonds is 10. The monoisotopic (exact) mass is 628 g/mol. The molecule has 2 aromatic heterocycles. The molecule has 1 saturated heterocycles. The second-order valence-electron chi connectivity index (χ2n) is 11.5. The molecule has 5 rings (SSSR count). The molecule has 0 aliphatic carbocycles. The van der Waals surface area contributed by atoms with Crippen LogP contribution in [0.4, 0.5) is 11.4 Å². The lowest BCUT2D eigenvalue weighted by Crippen LogP contribution is -2.56. The number of nitrogens with one attached hydrogen (secondary N) is 1. The molecule has 3 heterocycles. The molecule has 4 aromatic rings. The third kappa shape index (κ3) is 6.66. The molecule has 0 spiro atoms. The third-order valence-electron chi connectivity index (χ3n) is 8.20. The molecule has 12 heteroatoms. The third-order valence-corrected chi connectivity index (χ3v) is 8.20. The van der Waals surface area contributed by atoms with Crippen molar-refractivity contribution in [1.82, 2.24) is 19.6 Å². The number of nitrogens with zero attached hydrogens (tertiary/aromatic N) is 5. The number of aliphatic hydroxyl groups excluding tert-OH is 4. The van der Waals surface area contributed by atoms with Gasteiger partial charge in [0.15, 0.2) is 12.0 Å². The van der Waals surface area contributed by atoms with Crippen LogP contribution >= 0.6 is 0 Å². The van der Waals surface area contributed by atoms with Gasteiger partial charge >= 0.3 is 0 Å². The Bertz CT molecular complexity index is 1740. The van der Waals surface area contributed by atoms with Gasteiger partial charge in [-0.1, -0.05) is 17.3 Å². The van der Waals surface area contributed by atoms with Gasteiger partial charge in [0.25, 0.3) is 0 Å². The Hall–Kier alpha value is -4.59. The molecule has 5 atom stereocenters. The van der Waals surface area contributed by atoms with E-state index in [4.69, 9.17) is 4.74 Å². The Morgan fingerprint density at radius 2 is 1.67 bits per heavy atom.